The van der Waals surface area contributed by atoms with Gasteiger partial charge in [0, 0.05) is 12.5 Å². The van der Waals surface area contributed by atoms with Gasteiger partial charge in [0.15, 0.2) is 0 Å². The van der Waals surface area contributed by atoms with E-state index in [1.54, 1.807) is 18.3 Å². The molecule has 1 aromatic carbocycles. The molecule has 0 radical (unpaired) electrons. The van der Waals surface area contributed by atoms with Crippen molar-refractivity contribution in [1.29, 1.82) is 0 Å². The van der Waals surface area contributed by atoms with Crippen molar-refractivity contribution in [2.24, 2.45) is 0 Å². The van der Waals surface area contributed by atoms with E-state index in [1.165, 1.54) is 7.11 Å². The first kappa shape index (κ1) is 16.2. The molecule has 0 saturated heterocycles. The van der Waals surface area contributed by atoms with E-state index in [2.05, 4.69) is 28.5 Å². The molecule has 0 aliphatic rings. The normalized spacial score (nSPS) is 11.2. The van der Waals surface area contributed by atoms with Crippen molar-refractivity contribution in [2.45, 2.75) is 32.9 Å². The van der Waals surface area contributed by atoms with Crippen LogP contribution in [0.4, 0.5) is 0 Å². The Kier molecular flexibility index (Phi) is 5.33. The third kappa shape index (κ3) is 4.18. The summed E-state index contributed by atoms with van der Waals surface area (Å²) >= 11 is 0. The lowest BCUT2D eigenvalue weighted by Gasteiger charge is -2.14. The van der Waals surface area contributed by atoms with E-state index >= 15 is 0 Å². The predicted octanol–water partition coefficient (Wildman–Crippen LogP) is 3.22. The maximum absolute atomic E-state index is 11.4. The van der Waals surface area contributed by atoms with Gasteiger partial charge < -0.3 is 9.15 Å². The fraction of sp³-hybridized carbons (Fsp3) is 0.412. The van der Waals surface area contributed by atoms with E-state index in [1.807, 2.05) is 19.2 Å². The second-order valence-corrected chi connectivity index (χ2v) is 5.67. The van der Waals surface area contributed by atoms with Gasteiger partial charge in [-0.15, -0.1) is 0 Å². The molecule has 0 saturated carbocycles. The second-order valence-electron chi connectivity index (χ2n) is 5.67. The highest BCUT2D eigenvalue weighted by Gasteiger charge is 2.10. The van der Waals surface area contributed by atoms with Gasteiger partial charge in [-0.3, -0.25) is 4.90 Å². The van der Waals surface area contributed by atoms with E-state index in [-0.39, 0.29) is 5.97 Å². The van der Waals surface area contributed by atoms with Crippen molar-refractivity contribution in [1.82, 2.24) is 9.88 Å². The lowest BCUT2D eigenvalue weighted by Crippen LogP contribution is -2.17. The molecule has 0 atom stereocenters. The van der Waals surface area contributed by atoms with Crippen molar-refractivity contribution >= 4 is 5.97 Å². The Balaban J connectivity index is 1.93. The van der Waals surface area contributed by atoms with Gasteiger partial charge in [-0.25, -0.2) is 9.78 Å². The molecule has 1 aromatic heterocycles. The van der Waals surface area contributed by atoms with Crippen LogP contribution in [0.15, 0.2) is 34.9 Å². The van der Waals surface area contributed by atoms with Crippen molar-refractivity contribution in [3.8, 4) is 0 Å². The van der Waals surface area contributed by atoms with E-state index in [9.17, 15) is 4.79 Å². The summed E-state index contributed by atoms with van der Waals surface area (Å²) in [5, 5.41) is 0. The van der Waals surface area contributed by atoms with Crippen LogP contribution in [-0.2, 0) is 17.8 Å². The topological polar surface area (TPSA) is 55.6 Å². The average Bonchev–Trinajstić information content (AvgIpc) is 2.95. The Labute approximate surface area is 130 Å². The van der Waals surface area contributed by atoms with Gasteiger partial charge in [-0.05, 0) is 24.7 Å². The summed E-state index contributed by atoms with van der Waals surface area (Å²) in [6.45, 7) is 5.56. The number of hydrogen-bond acceptors (Lipinski definition) is 5. The molecule has 0 unspecified atom stereocenters. The van der Waals surface area contributed by atoms with Crippen LogP contribution in [0.5, 0.6) is 0 Å². The van der Waals surface area contributed by atoms with Gasteiger partial charge in [0.1, 0.15) is 5.76 Å². The Hall–Kier alpha value is -2.14. The zero-order valence-electron chi connectivity index (χ0n) is 13.5. The first-order chi connectivity index (χ1) is 10.5. The molecule has 2 rings (SSSR count). The fourth-order valence-corrected chi connectivity index (χ4v) is 2.13. The molecule has 118 valence electrons. The molecule has 0 aliphatic heterocycles. The second kappa shape index (κ2) is 7.22. The van der Waals surface area contributed by atoms with Gasteiger partial charge in [0.2, 0.25) is 5.89 Å². The lowest BCUT2D eigenvalue weighted by atomic mass is 10.1. The van der Waals surface area contributed by atoms with Gasteiger partial charge in [0.25, 0.3) is 0 Å². The molecule has 0 fully saturated rings. The number of hydrogen-bond donors (Lipinski definition) is 0. The smallest absolute Gasteiger partial charge is 0.337 e. The molecule has 2 aromatic rings. The minimum absolute atomic E-state index is 0.319. The Morgan fingerprint density at radius 2 is 1.95 bits per heavy atom. The zero-order valence-corrected chi connectivity index (χ0v) is 13.5. The van der Waals surface area contributed by atoms with Crippen LogP contribution < -0.4 is 0 Å². The Bertz CT molecular complexity index is 617. The van der Waals surface area contributed by atoms with Gasteiger partial charge in [-0.2, -0.15) is 0 Å². The summed E-state index contributed by atoms with van der Waals surface area (Å²) < 4.78 is 10.4. The quantitative estimate of drug-likeness (QED) is 0.767. The number of oxazole rings is 1. The highest BCUT2D eigenvalue weighted by atomic mass is 16.5. The molecule has 22 heavy (non-hydrogen) atoms. The Morgan fingerprint density at radius 1 is 1.27 bits per heavy atom. The summed E-state index contributed by atoms with van der Waals surface area (Å²) in [7, 11) is 3.39. The molecular weight excluding hydrogens is 280 g/mol. The SMILES string of the molecule is COC(=O)c1ccc(CN(C)Cc2ncc(C(C)C)o2)cc1. The Morgan fingerprint density at radius 3 is 2.50 bits per heavy atom. The van der Waals surface area contributed by atoms with E-state index in [4.69, 9.17) is 4.42 Å². The van der Waals surface area contributed by atoms with Crippen LogP contribution in [-0.4, -0.2) is 30.0 Å². The predicted molar refractivity (Wildman–Crippen MR) is 83.5 cm³/mol. The van der Waals surface area contributed by atoms with E-state index in [0.29, 0.717) is 18.0 Å². The molecule has 0 amide bonds. The summed E-state index contributed by atoms with van der Waals surface area (Å²) in [6, 6.07) is 7.41. The van der Waals surface area contributed by atoms with Crippen molar-refractivity contribution in [3.05, 3.63) is 53.2 Å². The summed E-state index contributed by atoms with van der Waals surface area (Å²) in [4.78, 5) is 17.8. The van der Waals surface area contributed by atoms with Crippen LogP contribution in [0.1, 0.15) is 47.3 Å². The van der Waals surface area contributed by atoms with E-state index in [0.717, 1.165) is 23.8 Å². The highest BCUT2D eigenvalue weighted by molar-refractivity contribution is 5.89. The fourth-order valence-electron chi connectivity index (χ4n) is 2.13. The number of carbonyl (C=O) groups is 1. The molecule has 0 spiro atoms. The maximum atomic E-state index is 11.4. The van der Waals surface area contributed by atoms with Gasteiger partial charge >= 0.3 is 5.97 Å². The van der Waals surface area contributed by atoms with Crippen LogP contribution in [0.3, 0.4) is 0 Å². The number of ether oxygens (including phenoxy) is 1. The third-order valence-electron chi connectivity index (χ3n) is 3.37. The molecule has 0 bridgehead atoms. The van der Waals surface area contributed by atoms with Crippen LogP contribution in [0, 0.1) is 0 Å². The van der Waals surface area contributed by atoms with Crippen molar-refractivity contribution in [3.63, 3.8) is 0 Å². The molecule has 0 N–H and O–H groups in total. The maximum Gasteiger partial charge on any atom is 0.337 e. The van der Waals surface area contributed by atoms with E-state index < -0.39 is 0 Å². The average molecular weight is 302 g/mol. The largest absolute Gasteiger partial charge is 0.465 e. The summed E-state index contributed by atoms with van der Waals surface area (Å²) in [6.07, 6.45) is 1.79. The van der Waals surface area contributed by atoms with Gasteiger partial charge in [0.05, 0.1) is 25.4 Å². The molecular formula is C17H22N2O3. The number of aromatic nitrogens is 1. The summed E-state index contributed by atoms with van der Waals surface area (Å²) in [5.74, 6) is 1.65. The number of carbonyl (C=O) groups excluding carboxylic acids is 1. The minimum atomic E-state index is -0.319. The summed E-state index contributed by atoms with van der Waals surface area (Å²) in [5.41, 5.74) is 1.67. The number of rotatable bonds is 6. The minimum Gasteiger partial charge on any atom is -0.465 e. The highest BCUT2D eigenvalue weighted by Crippen LogP contribution is 2.16. The number of nitrogens with zero attached hydrogens (tertiary/aromatic N) is 2. The number of benzene rings is 1. The zero-order chi connectivity index (χ0) is 16.1. The van der Waals surface area contributed by atoms with Crippen molar-refractivity contribution < 1.29 is 13.9 Å². The van der Waals surface area contributed by atoms with Crippen LogP contribution in [0.25, 0.3) is 0 Å². The lowest BCUT2D eigenvalue weighted by molar-refractivity contribution is 0.0600. The molecule has 5 nitrogen and oxygen atoms in total. The van der Waals surface area contributed by atoms with Crippen LogP contribution >= 0.6 is 0 Å². The third-order valence-corrected chi connectivity index (χ3v) is 3.37. The molecule has 5 heteroatoms. The van der Waals surface area contributed by atoms with Crippen molar-refractivity contribution in [2.75, 3.05) is 14.2 Å². The van der Waals surface area contributed by atoms with Crippen LogP contribution in [0.2, 0.25) is 0 Å². The standard InChI is InChI=1S/C17H22N2O3/c1-12(2)15-9-18-16(22-15)11-19(3)10-13-5-7-14(8-6-13)17(20)21-4/h5-9,12H,10-11H2,1-4H3. The molecule has 0 aliphatic carbocycles. The van der Waals surface area contributed by atoms with Gasteiger partial charge in [-0.1, -0.05) is 26.0 Å². The number of methoxy groups -OCH3 is 1. The first-order valence-corrected chi connectivity index (χ1v) is 7.30. The molecule has 1 heterocycles. The monoisotopic (exact) mass is 302 g/mol. The first-order valence-electron chi connectivity index (χ1n) is 7.30. The number of esters is 1.